The van der Waals surface area contributed by atoms with Crippen LogP contribution in [0.15, 0.2) is 18.2 Å². The molecule has 2 rings (SSSR count). The van der Waals surface area contributed by atoms with Gasteiger partial charge in [-0.05, 0) is 44.9 Å². The Kier molecular flexibility index (Phi) is 7.84. The molecule has 1 fully saturated rings. The van der Waals surface area contributed by atoms with Crippen molar-refractivity contribution in [2.24, 2.45) is 0 Å². The number of benzene rings is 1. The van der Waals surface area contributed by atoms with E-state index in [1.54, 1.807) is 4.90 Å². The Bertz CT molecular complexity index is 538. The Morgan fingerprint density at radius 2 is 2.16 bits per heavy atom. The van der Waals surface area contributed by atoms with E-state index in [1.807, 2.05) is 39.1 Å². The van der Waals surface area contributed by atoms with Crippen molar-refractivity contribution in [2.45, 2.75) is 38.9 Å². The molecule has 1 aromatic rings. The number of amides is 1. The molecule has 140 valence electrons. The first-order chi connectivity index (χ1) is 12.0. The number of nitrogens with one attached hydrogen (secondary N) is 1. The van der Waals surface area contributed by atoms with E-state index >= 15 is 0 Å². The van der Waals surface area contributed by atoms with E-state index in [1.165, 1.54) is 0 Å². The van der Waals surface area contributed by atoms with Gasteiger partial charge in [-0.1, -0.05) is 18.2 Å². The number of carbonyl (C=O) groups excluding carboxylic acids is 1. The highest BCUT2D eigenvalue weighted by Crippen LogP contribution is 2.19. The van der Waals surface area contributed by atoms with E-state index in [0.717, 1.165) is 36.3 Å². The number of aryl methyl sites for hydroxylation is 2. The topological polar surface area (TPSA) is 71.0 Å². The summed E-state index contributed by atoms with van der Waals surface area (Å²) in [6, 6.07) is 5.92. The smallest absolute Gasteiger partial charge is 0.238 e. The minimum absolute atomic E-state index is 0.0904. The molecule has 1 aliphatic heterocycles. The molecular formula is C19H30N2O4. The molecule has 1 aliphatic rings. The van der Waals surface area contributed by atoms with Gasteiger partial charge >= 0.3 is 0 Å². The third-order valence-electron chi connectivity index (χ3n) is 4.32. The van der Waals surface area contributed by atoms with Gasteiger partial charge in [0.1, 0.15) is 0 Å². The number of rotatable bonds is 9. The maximum atomic E-state index is 12.2. The third kappa shape index (κ3) is 6.74. The second-order valence-corrected chi connectivity index (χ2v) is 6.84. The number of aliphatic hydroxyl groups is 1. The molecule has 1 heterocycles. The summed E-state index contributed by atoms with van der Waals surface area (Å²) in [7, 11) is 1.81. The SMILES string of the molecule is Cc1cccc(C)c1NC(=O)CN(C)CC(O)COCC1CCCO1. The molecular weight excluding hydrogens is 320 g/mol. The van der Waals surface area contributed by atoms with Gasteiger partial charge in [0.15, 0.2) is 0 Å². The highest BCUT2D eigenvalue weighted by Gasteiger charge is 2.17. The van der Waals surface area contributed by atoms with E-state index in [4.69, 9.17) is 9.47 Å². The molecule has 25 heavy (non-hydrogen) atoms. The normalized spacial score (nSPS) is 18.5. The average Bonchev–Trinajstić information content (AvgIpc) is 3.04. The summed E-state index contributed by atoms with van der Waals surface area (Å²) in [5.41, 5.74) is 2.94. The number of ether oxygens (including phenoxy) is 2. The van der Waals surface area contributed by atoms with Gasteiger partial charge in [-0.3, -0.25) is 9.69 Å². The number of hydrogen-bond acceptors (Lipinski definition) is 5. The molecule has 1 amide bonds. The molecule has 1 aromatic carbocycles. The minimum Gasteiger partial charge on any atom is -0.389 e. The Morgan fingerprint density at radius 3 is 2.80 bits per heavy atom. The number of carbonyl (C=O) groups is 1. The maximum Gasteiger partial charge on any atom is 0.238 e. The van der Waals surface area contributed by atoms with E-state index in [0.29, 0.717) is 13.2 Å². The van der Waals surface area contributed by atoms with Crippen LogP contribution in [0.4, 0.5) is 5.69 Å². The van der Waals surface area contributed by atoms with Crippen LogP contribution in [0.2, 0.25) is 0 Å². The zero-order chi connectivity index (χ0) is 18.2. The quantitative estimate of drug-likeness (QED) is 0.710. The molecule has 0 radical (unpaired) electrons. The van der Waals surface area contributed by atoms with Gasteiger partial charge < -0.3 is 19.9 Å². The molecule has 2 atom stereocenters. The van der Waals surface area contributed by atoms with Gasteiger partial charge in [0.2, 0.25) is 5.91 Å². The first kappa shape index (κ1) is 19.8. The van der Waals surface area contributed by atoms with Crippen LogP contribution in [-0.2, 0) is 14.3 Å². The zero-order valence-corrected chi connectivity index (χ0v) is 15.5. The predicted molar refractivity (Wildman–Crippen MR) is 97.8 cm³/mol. The van der Waals surface area contributed by atoms with Crippen molar-refractivity contribution in [1.82, 2.24) is 4.90 Å². The second kappa shape index (κ2) is 9.87. The number of para-hydroxylation sites is 1. The van der Waals surface area contributed by atoms with E-state index in [-0.39, 0.29) is 25.2 Å². The molecule has 0 aromatic heterocycles. The van der Waals surface area contributed by atoms with Crippen LogP contribution in [0.5, 0.6) is 0 Å². The van der Waals surface area contributed by atoms with Crippen molar-refractivity contribution in [3.8, 4) is 0 Å². The molecule has 6 heteroatoms. The molecule has 1 saturated heterocycles. The van der Waals surface area contributed by atoms with Crippen LogP contribution in [0.3, 0.4) is 0 Å². The fourth-order valence-electron chi connectivity index (χ4n) is 3.02. The van der Waals surface area contributed by atoms with Gasteiger partial charge in [0, 0.05) is 18.8 Å². The Labute approximate surface area is 150 Å². The number of aliphatic hydroxyl groups excluding tert-OH is 1. The monoisotopic (exact) mass is 350 g/mol. The maximum absolute atomic E-state index is 12.2. The predicted octanol–water partition coefficient (Wildman–Crippen LogP) is 1.73. The standard InChI is InChI=1S/C19H30N2O4/c1-14-6-4-7-15(2)19(14)20-18(23)11-21(3)10-16(22)12-24-13-17-8-5-9-25-17/h4,6-7,16-17,22H,5,8-13H2,1-3H3,(H,20,23). The average molecular weight is 350 g/mol. The summed E-state index contributed by atoms with van der Waals surface area (Å²) in [5, 5.41) is 13.0. The largest absolute Gasteiger partial charge is 0.389 e. The fourth-order valence-corrected chi connectivity index (χ4v) is 3.02. The van der Waals surface area contributed by atoms with E-state index < -0.39 is 6.10 Å². The number of nitrogens with zero attached hydrogens (tertiary/aromatic N) is 1. The lowest BCUT2D eigenvalue weighted by atomic mass is 10.1. The highest BCUT2D eigenvalue weighted by atomic mass is 16.5. The summed E-state index contributed by atoms with van der Waals surface area (Å²) in [4.78, 5) is 14.0. The summed E-state index contributed by atoms with van der Waals surface area (Å²) < 4.78 is 11.0. The molecule has 6 nitrogen and oxygen atoms in total. The van der Waals surface area contributed by atoms with Gasteiger partial charge in [-0.25, -0.2) is 0 Å². The summed E-state index contributed by atoms with van der Waals surface area (Å²) >= 11 is 0. The Balaban J connectivity index is 1.67. The van der Waals surface area contributed by atoms with Gasteiger partial charge in [0.25, 0.3) is 0 Å². The minimum atomic E-state index is -0.626. The van der Waals surface area contributed by atoms with Crippen LogP contribution in [0, 0.1) is 13.8 Å². The summed E-state index contributed by atoms with van der Waals surface area (Å²) in [5.74, 6) is -0.0904. The van der Waals surface area contributed by atoms with Crippen molar-refractivity contribution in [3.05, 3.63) is 29.3 Å². The first-order valence-electron chi connectivity index (χ1n) is 8.87. The lowest BCUT2D eigenvalue weighted by Crippen LogP contribution is -2.37. The number of anilines is 1. The van der Waals surface area contributed by atoms with Crippen LogP contribution in [-0.4, -0.2) is 68.1 Å². The second-order valence-electron chi connectivity index (χ2n) is 6.84. The summed E-state index contributed by atoms with van der Waals surface area (Å²) in [6.45, 7) is 6.12. The molecule has 0 bridgehead atoms. The zero-order valence-electron chi connectivity index (χ0n) is 15.5. The first-order valence-corrected chi connectivity index (χ1v) is 8.87. The van der Waals surface area contributed by atoms with Crippen molar-refractivity contribution in [2.75, 3.05) is 45.3 Å². The van der Waals surface area contributed by atoms with Crippen LogP contribution >= 0.6 is 0 Å². The lowest BCUT2D eigenvalue weighted by Gasteiger charge is -2.21. The molecule has 2 unspecified atom stereocenters. The van der Waals surface area contributed by atoms with E-state index in [2.05, 4.69) is 5.32 Å². The molecule has 0 saturated carbocycles. The summed E-state index contributed by atoms with van der Waals surface area (Å²) in [6.07, 6.45) is 1.64. The van der Waals surface area contributed by atoms with Crippen LogP contribution in [0.25, 0.3) is 0 Å². The van der Waals surface area contributed by atoms with Crippen molar-refractivity contribution in [3.63, 3.8) is 0 Å². The van der Waals surface area contributed by atoms with Crippen LogP contribution in [0.1, 0.15) is 24.0 Å². The Hall–Kier alpha value is -1.47. The molecule has 2 N–H and O–H groups in total. The van der Waals surface area contributed by atoms with Gasteiger partial charge in [-0.2, -0.15) is 0 Å². The van der Waals surface area contributed by atoms with Gasteiger partial charge in [-0.15, -0.1) is 0 Å². The lowest BCUT2D eigenvalue weighted by molar-refractivity contribution is -0.117. The number of likely N-dealkylation sites (N-methyl/N-ethyl adjacent to an activating group) is 1. The van der Waals surface area contributed by atoms with Crippen molar-refractivity contribution < 1.29 is 19.4 Å². The van der Waals surface area contributed by atoms with Gasteiger partial charge in [0.05, 0.1) is 32.0 Å². The fraction of sp³-hybridized carbons (Fsp3) is 0.632. The van der Waals surface area contributed by atoms with Crippen molar-refractivity contribution in [1.29, 1.82) is 0 Å². The van der Waals surface area contributed by atoms with Crippen molar-refractivity contribution >= 4 is 11.6 Å². The molecule has 0 spiro atoms. The highest BCUT2D eigenvalue weighted by molar-refractivity contribution is 5.93. The third-order valence-corrected chi connectivity index (χ3v) is 4.32. The number of hydrogen-bond donors (Lipinski definition) is 2. The van der Waals surface area contributed by atoms with Crippen LogP contribution < -0.4 is 5.32 Å². The molecule has 0 aliphatic carbocycles. The Morgan fingerprint density at radius 1 is 1.44 bits per heavy atom. The van der Waals surface area contributed by atoms with E-state index in [9.17, 15) is 9.90 Å².